The van der Waals surface area contributed by atoms with Crippen molar-refractivity contribution in [1.82, 2.24) is 5.32 Å². The summed E-state index contributed by atoms with van der Waals surface area (Å²) in [6, 6.07) is 11.5. The van der Waals surface area contributed by atoms with E-state index in [1.54, 1.807) is 11.8 Å². The molecule has 0 aliphatic heterocycles. The fourth-order valence-corrected chi connectivity index (χ4v) is 3.20. The lowest BCUT2D eigenvalue weighted by molar-refractivity contribution is -0.384. The molecule has 6 nitrogen and oxygen atoms in total. The summed E-state index contributed by atoms with van der Waals surface area (Å²) in [5.74, 6) is 0.525. The van der Waals surface area contributed by atoms with Crippen molar-refractivity contribution < 1.29 is 9.72 Å². The summed E-state index contributed by atoms with van der Waals surface area (Å²) in [5.41, 5.74) is 6.34. The molecule has 0 unspecified atom stereocenters. The Morgan fingerprint density at radius 3 is 2.60 bits per heavy atom. The van der Waals surface area contributed by atoms with Gasteiger partial charge < -0.3 is 11.1 Å². The highest BCUT2D eigenvalue weighted by atomic mass is 35.5. The highest BCUT2D eigenvalue weighted by molar-refractivity contribution is 7.99. The lowest BCUT2D eigenvalue weighted by Crippen LogP contribution is -2.24. The van der Waals surface area contributed by atoms with Crippen molar-refractivity contribution >= 4 is 40.6 Å². The van der Waals surface area contributed by atoms with Crippen LogP contribution in [0.15, 0.2) is 47.4 Å². The van der Waals surface area contributed by atoms with Gasteiger partial charge in [0.1, 0.15) is 0 Å². The number of nitro groups is 1. The first-order valence-corrected chi connectivity index (χ1v) is 9.04. The maximum absolute atomic E-state index is 12.1. The Kier molecular flexibility index (Phi) is 7.09. The molecule has 0 saturated carbocycles. The number of carbonyl (C=O) groups excluding carboxylic acids is 1. The van der Waals surface area contributed by atoms with E-state index < -0.39 is 10.8 Å². The van der Waals surface area contributed by atoms with Crippen molar-refractivity contribution in [2.45, 2.75) is 17.7 Å². The van der Waals surface area contributed by atoms with Gasteiger partial charge in [-0.3, -0.25) is 14.9 Å². The van der Waals surface area contributed by atoms with Crippen LogP contribution in [-0.4, -0.2) is 23.1 Å². The number of benzene rings is 2. The van der Waals surface area contributed by atoms with Gasteiger partial charge in [0.15, 0.2) is 0 Å². The van der Waals surface area contributed by atoms with Gasteiger partial charge in [-0.1, -0.05) is 11.6 Å². The third-order valence-electron chi connectivity index (χ3n) is 3.41. The van der Waals surface area contributed by atoms with E-state index in [4.69, 9.17) is 17.3 Å². The van der Waals surface area contributed by atoms with Gasteiger partial charge in [0.2, 0.25) is 0 Å². The van der Waals surface area contributed by atoms with E-state index >= 15 is 0 Å². The normalized spacial score (nSPS) is 10.4. The first-order valence-electron chi connectivity index (χ1n) is 7.68. The zero-order valence-corrected chi connectivity index (χ0v) is 15.0. The highest BCUT2D eigenvalue weighted by Crippen LogP contribution is 2.22. The summed E-state index contributed by atoms with van der Waals surface area (Å²) >= 11 is 7.67. The Morgan fingerprint density at radius 2 is 1.92 bits per heavy atom. The molecule has 2 aromatic rings. The number of nitrogen functional groups attached to an aromatic ring is 1. The Balaban J connectivity index is 1.72. The maximum Gasteiger partial charge on any atom is 0.270 e. The molecular weight excluding hydrogens is 362 g/mol. The van der Waals surface area contributed by atoms with Crippen LogP contribution in [0.25, 0.3) is 0 Å². The average Bonchev–Trinajstić information content (AvgIpc) is 2.59. The lowest BCUT2D eigenvalue weighted by atomic mass is 10.2. The minimum Gasteiger partial charge on any atom is -0.399 e. The third kappa shape index (κ3) is 5.95. The number of nitrogens with zero attached hydrogens (tertiary/aromatic N) is 1. The van der Waals surface area contributed by atoms with Crippen LogP contribution in [0.3, 0.4) is 0 Å². The van der Waals surface area contributed by atoms with E-state index in [9.17, 15) is 14.9 Å². The molecule has 1 amide bonds. The fraction of sp³-hybridized carbons (Fsp3) is 0.235. The smallest absolute Gasteiger partial charge is 0.270 e. The van der Waals surface area contributed by atoms with E-state index in [1.807, 2.05) is 24.3 Å². The molecule has 0 spiro atoms. The first kappa shape index (κ1) is 19.1. The zero-order valence-electron chi connectivity index (χ0n) is 13.4. The lowest BCUT2D eigenvalue weighted by Gasteiger charge is -2.07. The Bertz CT molecular complexity index is 753. The molecule has 0 bridgehead atoms. The standard InChI is InChI=1S/C17H18ClN3O3S/c18-16-8-5-13(21(23)24)11-15(16)17(22)20-9-1-2-10-25-14-6-3-12(19)4-7-14/h3-8,11H,1-2,9-10,19H2,(H,20,22). The van der Waals surface area contributed by atoms with Crippen LogP contribution in [0.4, 0.5) is 11.4 Å². The number of nitrogens with two attached hydrogens (primary N) is 1. The third-order valence-corrected chi connectivity index (χ3v) is 4.84. The predicted octanol–water partition coefficient (Wildman–Crippen LogP) is 4.13. The molecule has 25 heavy (non-hydrogen) atoms. The number of anilines is 1. The summed E-state index contributed by atoms with van der Waals surface area (Å²) in [7, 11) is 0. The topological polar surface area (TPSA) is 98.3 Å². The SMILES string of the molecule is Nc1ccc(SCCCCNC(=O)c2cc([N+](=O)[O-])ccc2Cl)cc1. The number of thioether (sulfide) groups is 1. The second-order valence-electron chi connectivity index (χ2n) is 5.30. The summed E-state index contributed by atoms with van der Waals surface area (Å²) < 4.78 is 0. The van der Waals surface area contributed by atoms with Crippen molar-refractivity contribution in [3.63, 3.8) is 0 Å². The van der Waals surface area contributed by atoms with Crippen LogP contribution >= 0.6 is 23.4 Å². The predicted molar refractivity (Wildman–Crippen MR) is 101 cm³/mol. The highest BCUT2D eigenvalue weighted by Gasteiger charge is 2.15. The molecule has 0 aliphatic rings. The van der Waals surface area contributed by atoms with E-state index in [1.165, 1.54) is 18.2 Å². The first-order chi connectivity index (χ1) is 12.0. The quantitative estimate of drug-likeness (QED) is 0.236. The summed E-state index contributed by atoms with van der Waals surface area (Å²) in [5, 5.41) is 13.7. The van der Waals surface area contributed by atoms with Crippen LogP contribution in [0, 0.1) is 10.1 Å². The summed E-state index contributed by atoms with van der Waals surface area (Å²) in [6.07, 6.45) is 1.73. The molecule has 132 valence electrons. The number of unbranched alkanes of at least 4 members (excludes halogenated alkanes) is 1. The molecule has 2 rings (SSSR count). The largest absolute Gasteiger partial charge is 0.399 e. The van der Waals surface area contributed by atoms with Crippen LogP contribution in [0.2, 0.25) is 5.02 Å². The van der Waals surface area contributed by atoms with Crippen LogP contribution < -0.4 is 11.1 Å². The van der Waals surface area contributed by atoms with Gasteiger partial charge in [0.05, 0.1) is 15.5 Å². The van der Waals surface area contributed by atoms with E-state index in [0.717, 1.165) is 29.2 Å². The number of hydrogen-bond acceptors (Lipinski definition) is 5. The average molecular weight is 380 g/mol. The van der Waals surface area contributed by atoms with Crippen molar-refractivity contribution in [3.05, 3.63) is 63.2 Å². The molecule has 2 aromatic carbocycles. The number of nitro benzene ring substituents is 1. The van der Waals surface area contributed by atoms with Crippen molar-refractivity contribution in [2.75, 3.05) is 18.0 Å². The molecule has 3 N–H and O–H groups in total. The summed E-state index contributed by atoms with van der Waals surface area (Å²) in [6.45, 7) is 0.486. The fourth-order valence-electron chi connectivity index (χ4n) is 2.08. The second kappa shape index (κ2) is 9.29. The molecule has 0 saturated heterocycles. The van der Waals surface area contributed by atoms with E-state index in [-0.39, 0.29) is 16.3 Å². The number of nitrogens with one attached hydrogen (secondary N) is 1. The second-order valence-corrected chi connectivity index (χ2v) is 6.88. The Hall–Kier alpha value is -2.25. The van der Waals surface area contributed by atoms with E-state index in [2.05, 4.69) is 5.32 Å². The van der Waals surface area contributed by atoms with Gasteiger partial charge in [-0.25, -0.2) is 0 Å². The number of non-ortho nitro benzene ring substituents is 1. The van der Waals surface area contributed by atoms with Gasteiger partial charge in [-0.2, -0.15) is 0 Å². The molecule has 0 heterocycles. The molecule has 0 atom stereocenters. The van der Waals surface area contributed by atoms with Crippen molar-refractivity contribution in [3.8, 4) is 0 Å². The van der Waals surface area contributed by atoms with Crippen molar-refractivity contribution in [1.29, 1.82) is 0 Å². The minimum absolute atomic E-state index is 0.118. The number of halogens is 1. The monoisotopic (exact) mass is 379 g/mol. The minimum atomic E-state index is -0.554. The zero-order chi connectivity index (χ0) is 18.2. The number of amides is 1. The number of carbonyl (C=O) groups is 1. The van der Waals surface area contributed by atoms with Crippen LogP contribution in [0.5, 0.6) is 0 Å². The van der Waals surface area contributed by atoms with Gasteiger partial charge in [-0.15, -0.1) is 11.8 Å². The molecular formula is C17H18ClN3O3S. The van der Waals surface area contributed by atoms with Gasteiger partial charge >= 0.3 is 0 Å². The number of rotatable bonds is 8. The summed E-state index contributed by atoms with van der Waals surface area (Å²) in [4.78, 5) is 23.5. The van der Waals surface area contributed by atoms with Crippen LogP contribution in [0.1, 0.15) is 23.2 Å². The van der Waals surface area contributed by atoms with E-state index in [0.29, 0.717) is 6.54 Å². The van der Waals surface area contributed by atoms with Crippen molar-refractivity contribution in [2.24, 2.45) is 0 Å². The van der Waals surface area contributed by atoms with Crippen LogP contribution in [-0.2, 0) is 0 Å². The Labute approximate surface area is 154 Å². The molecule has 0 radical (unpaired) electrons. The Morgan fingerprint density at radius 1 is 1.20 bits per heavy atom. The number of hydrogen-bond donors (Lipinski definition) is 2. The maximum atomic E-state index is 12.1. The molecule has 8 heteroatoms. The molecule has 0 fully saturated rings. The molecule has 0 aromatic heterocycles. The van der Waals surface area contributed by atoms with Gasteiger partial charge in [0.25, 0.3) is 11.6 Å². The van der Waals surface area contributed by atoms with Gasteiger partial charge in [0, 0.05) is 29.3 Å². The molecule has 0 aliphatic carbocycles. The van der Waals surface area contributed by atoms with Gasteiger partial charge in [-0.05, 0) is 48.9 Å².